The van der Waals surface area contributed by atoms with Crippen LogP contribution in [0.4, 0.5) is 10.2 Å². The van der Waals surface area contributed by atoms with Crippen LogP contribution in [0.15, 0.2) is 58.4 Å². The van der Waals surface area contributed by atoms with E-state index in [-0.39, 0.29) is 29.7 Å². The largest absolute Gasteiger partial charge is 0.350 e. The number of rotatable bonds is 6. The minimum atomic E-state index is -0.425. The number of nitrogens with zero attached hydrogens (tertiary/aromatic N) is 4. The van der Waals surface area contributed by atoms with Crippen LogP contribution in [0.25, 0.3) is 0 Å². The number of benzene rings is 1. The molecule has 1 aliphatic heterocycles. The highest BCUT2D eigenvalue weighted by atomic mass is 19.1. The summed E-state index contributed by atoms with van der Waals surface area (Å²) in [5.41, 5.74) is 0.0249. The number of piperidine rings is 1. The first-order chi connectivity index (χ1) is 15.5. The molecule has 1 unspecified atom stereocenters. The van der Waals surface area contributed by atoms with Crippen molar-refractivity contribution in [2.24, 2.45) is 0 Å². The van der Waals surface area contributed by atoms with Crippen LogP contribution in [-0.2, 0) is 6.54 Å². The third-order valence-electron chi connectivity index (χ3n) is 5.40. The lowest BCUT2D eigenvalue weighted by molar-refractivity contribution is 0.0944. The van der Waals surface area contributed by atoms with Gasteiger partial charge in [0.2, 0.25) is 0 Å². The Morgan fingerprint density at radius 1 is 1.19 bits per heavy atom. The number of amides is 1. The third-order valence-corrected chi connectivity index (χ3v) is 5.40. The van der Waals surface area contributed by atoms with Gasteiger partial charge in [0.05, 0.1) is 12.9 Å². The van der Waals surface area contributed by atoms with E-state index in [1.54, 1.807) is 18.2 Å². The van der Waals surface area contributed by atoms with Gasteiger partial charge in [-0.05, 0) is 43.0 Å². The van der Waals surface area contributed by atoms with E-state index in [0.717, 1.165) is 31.9 Å². The number of anilines is 1. The highest BCUT2D eigenvalue weighted by Crippen LogP contribution is 2.22. The molecule has 1 amide bonds. The number of carbonyl (C=O) groups excluding carboxylic acids is 1. The molecule has 3 heterocycles. The van der Waals surface area contributed by atoms with Crippen LogP contribution in [0.2, 0.25) is 0 Å². The van der Waals surface area contributed by atoms with Crippen LogP contribution in [0, 0.1) is 5.82 Å². The van der Waals surface area contributed by atoms with Crippen LogP contribution >= 0.6 is 0 Å². The second-order valence-electron chi connectivity index (χ2n) is 7.67. The van der Waals surface area contributed by atoms with Gasteiger partial charge in [-0.15, -0.1) is 0 Å². The van der Waals surface area contributed by atoms with Crippen molar-refractivity contribution in [2.75, 3.05) is 18.0 Å². The summed E-state index contributed by atoms with van der Waals surface area (Å²) in [6.45, 7) is 1.24. The van der Waals surface area contributed by atoms with Crippen molar-refractivity contribution >= 4 is 11.7 Å². The molecule has 1 saturated heterocycles. The molecule has 0 bridgehead atoms. The lowest BCUT2D eigenvalue weighted by Crippen LogP contribution is -2.48. The van der Waals surface area contributed by atoms with Crippen molar-refractivity contribution in [1.82, 2.24) is 25.1 Å². The van der Waals surface area contributed by atoms with Gasteiger partial charge in [-0.1, -0.05) is 12.1 Å². The predicted octanol–water partition coefficient (Wildman–Crippen LogP) is 1.30. The molecule has 10 heteroatoms. The SMILES string of the molecule is O=C(NCC1CCCCN1c1ccc(=O)n(Cc2cccc(F)c2)n1)c1cc(=O)[nH]cn1. The summed E-state index contributed by atoms with van der Waals surface area (Å²) in [5, 5.41) is 7.34. The second kappa shape index (κ2) is 9.54. The number of aromatic nitrogens is 4. The summed E-state index contributed by atoms with van der Waals surface area (Å²) in [5.74, 6) is -0.173. The molecule has 4 rings (SSSR count). The first-order valence-corrected chi connectivity index (χ1v) is 10.4. The summed E-state index contributed by atoms with van der Waals surface area (Å²) in [7, 11) is 0. The van der Waals surface area contributed by atoms with Gasteiger partial charge in [0.1, 0.15) is 17.3 Å². The fourth-order valence-electron chi connectivity index (χ4n) is 3.82. The Bertz CT molecular complexity index is 1220. The first-order valence-electron chi connectivity index (χ1n) is 10.4. The summed E-state index contributed by atoms with van der Waals surface area (Å²) >= 11 is 0. The fourth-order valence-corrected chi connectivity index (χ4v) is 3.82. The monoisotopic (exact) mass is 438 g/mol. The van der Waals surface area contributed by atoms with Gasteiger partial charge < -0.3 is 15.2 Å². The molecular weight excluding hydrogens is 415 g/mol. The number of halogens is 1. The van der Waals surface area contributed by atoms with Crippen molar-refractivity contribution in [3.05, 3.63) is 86.6 Å². The Kier molecular flexibility index (Phi) is 6.39. The maximum absolute atomic E-state index is 13.5. The Morgan fingerprint density at radius 3 is 2.88 bits per heavy atom. The number of hydrogen-bond donors (Lipinski definition) is 2. The number of hydrogen-bond acceptors (Lipinski definition) is 6. The van der Waals surface area contributed by atoms with E-state index in [9.17, 15) is 18.8 Å². The van der Waals surface area contributed by atoms with Crippen LogP contribution in [0.1, 0.15) is 35.3 Å². The van der Waals surface area contributed by atoms with E-state index in [1.807, 2.05) is 0 Å². The topological polar surface area (TPSA) is 113 Å². The van der Waals surface area contributed by atoms with Gasteiger partial charge in [-0.2, -0.15) is 5.10 Å². The third kappa shape index (κ3) is 5.08. The van der Waals surface area contributed by atoms with Gasteiger partial charge >= 0.3 is 0 Å². The van der Waals surface area contributed by atoms with Gasteiger partial charge in [0.15, 0.2) is 0 Å². The molecule has 0 spiro atoms. The molecule has 32 heavy (non-hydrogen) atoms. The van der Waals surface area contributed by atoms with E-state index in [0.29, 0.717) is 17.9 Å². The lowest BCUT2D eigenvalue weighted by atomic mass is 10.0. The molecule has 1 aromatic carbocycles. The Balaban J connectivity index is 1.50. The molecule has 3 aromatic rings. The number of carbonyl (C=O) groups is 1. The predicted molar refractivity (Wildman–Crippen MR) is 116 cm³/mol. The fraction of sp³-hybridized carbons (Fsp3) is 0.318. The van der Waals surface area contributed by atoms with Crippen molar-refractivity contribution in [3.63, 3.8) is 0 Å². The summed E-state index contributed by atoms with van der Waals surface area (Å²) in [4.78, 5) is 44.4. The number of aromatic amines is 1. The maximum atomic E-state index is 13.5. The molecule has 2 N–H and O–H groups in total. The zero-order valence-corrected chi connectivity index (χ0v) is 17.3. The zero-order valence-electron chi connectivity index (χ0n) is 17.3. The Hall–Kier alpha value is -3.82. The van der Waals surface area contributed by atoms with Crippen LogP contribution in [0.5, 0.6) is 0 Å². The van der Waals surface area contributed by atoms with E-state index in [1.165, 1.54) is 29.2 Å². The van der Waals surface area contributed by atoms with Gasteiger partial charge in [-0.25, -0.2) is 14.1 Å². The first kappa shape index (κ1) is 21.4. The molecule has 166 valence electrons. The van der Waals surface area contributed by atoms with E-state index in [4.69, 9.17) is 0 Å². The highest BCUT2D eigenvalue weighted by molar-refractivity contribution is 5.92. The smallest absolute Gasteiger partial charge is 0.270 e. The molecule has 0 radical (unpaired) electrons. The summed E-state index contributed by atoms with van der Waals surface area (Å²) < 4.78 is 14.8. The van der Waals surface area contributed by atoms with Gasteiger partial charge in [-0.3, -0.25) is 14.4 Å². The van der Waals surface area contributed by atoms with Gasteiger partial charge in [0, 0.05) is 31.3 Å². The van der Waals surface area contributed by atoms with Gasteiger partial charge in [0.25, 0.3) is 17.0 Å². The minimum absolute atomic E-state index is 0.0256. The van der Waals surface area contributed by atoms with Crippen molar-refractivity contribution in [3.8, 4) is 0 Å². The average Bonchev–Trinajstić information content (AvgIpc) is 2.79. The molecule has 1 atom stereocenters. The standard InChI is InChI=1S/C22H23FN6O3/c23-16-5-3-4-15(10-16)13-29-21(31)8-7-19(27-29)28-9-2-1-6-17(28)12-24-22(32)18-11-20(30)26-14-25-18/h3-5,7-8,10-11,14,17H,1-2,6,9,12-13H2,(H,24,32)(H,25,26,30). The molecular formula is C22H23FN6O3. The normalized spacial score (nSPS) is 16.0. The van der Waals surface area contributed by atoms with Crippen LogP contribution in [0.3, 0.4) is 0 Å². The second-order valence-corrected chi connectivity index (χ2v) is 7.67. The quantitative estimate of drug-likeness (QED) is 0.600. The molecule has 2 aromatic heterocycles. The summed E-state index contributed by atoms with van der Waals surface area (Å²) in [6.07, 6.45) is 4.00. The molecule has 9 nitrogen and oxygen atoms in total. The summed E-state index contributed by atoms with van der Waals surface area (Å²) in [6, 6.07) is 10.3. The Morgan fingerprint density at radius 2 is 2.06 bits per heavy atom. The Labute approximate surface area is 182 Å². The van der Waals surface area contributed by atoms with Crippen molar-refractivity contribution in [1.29, 1.82) is 0 Å². The van der Waals surface area contributed by atoms with E-state index < -0.39 is 11.5 Å². The maximum Gasteiger partial charge on any atom is 0.270 e. The average molecular weight is 438 g/mol. The lowest BCUT2D eigenvalue weighted by Gasteiger charge is -2.36. The zero-order chi connectivity index (χ0) is 22.5. The van der Waals surface area contributed by atoms with E-state index >= 15 is 0 Å². The molecule has 0 aliphatic carbocycles. The van der Waals surface area contributed by atoms with Crippen molar-refractivity contribution in [2.45, 2.75) is 31.8 Å². The number of H-pyrrole nitrogens is 1. The molecule has 1 fully saturated rings. The molecule has 0 saturated carbocycles. The van der Waals surface area contributed by atoms with Crippen LogP contribution in [-0.4, -0.2) is 44.8 Å². The van der Waals surface area contributed by atoms with Crippen LogP contribution < -0.4 is 21.3 Å². The number of nitrogens with one attached hydrogen (secondary N) is 2. The minimum Gasteiger partial charge on any atom is -0.350 e. The molecule has 1 aliphatic rings. The van der Waals surface area contributed by atoms with E-state index in [2.05, 4.69) is 25.3 Å². The van der Waals surface area contributed by atoms with Crippen molar-refractivity contribution < 1.29 is 9.18 Å². The highest BCUT2D eigenvalue weighted by Gasteiger charge is 2.25.